The highest BCUT2D eigenvalue weighted by molar-refractivity contribution is 6.46. The van der Waals surface area contributed by atoms with E-state index in [2.05, 4.69) is 0 Å². The number of likely N-dealkylation sites (tertiary alicyclic amines) is 1. The number of amides is 1. The average molecular weight is 458 g/mol. The number of ether oxygens (including phenoxy) is 2. The van der Waals surface area contributed by atoms with E-state index in [1.54, 1.807) is 31.2 Å². The minimum atomic E-state index is -0.893. The third-order valence-electron chi connectivity index (χ3n) is 5.80. The summed E-state index contributed by atoms with van der Waals surface area (Å²) in [6.07, 6.45) is 1.46. The summed E-state index contributed by atoms with van der Waals surface area (Å²) < 4.78 is 11.1. The zero-order valence-corrected chi connectivity index (χ0v) is 18.6. The maximum atomic E-state index is 13.2. The Morgan fingerprint density at radius 2 is 2.06 bits per heavy atom. The molecule has 0 bridgehead atoms. The molecule has 2 aliphatic heterocycles. The lowest BCUT2D eigenvalue weighted by Gasteiger charge is -2.27. The van der Waals surface area contributed by atoms with E-state index < -0.39 is 17.7 Å². The highest BCUT2D eigenvalue weighted by atomic mass is 35.5. The maximum Gasteiger partial charge on any atom is 0.295 e. The lowest BCUT2D eigenvalue weighted by Crippen LogP contribution is -2.36. The molecule has 2 aliphatic rings. The highest BCUT2D eigenvalue weighted by Gasteiger charge is 2.47. The molecule has 2 N–H and O–H groups in total. The first kappa shape index (κ1) is 22.2. The van der Waals surface area contributed by atoms with Crippen molar-refractivity contribution in [2.24, 2.45) is 0 Å². The fourth-order valence-electron chi connectivity index (χ4n) is 4.37. The fourth-order valence-corrected chi connectivity index (χ4v) is 4.73. The van der Waals surface area contributed by atoms with Gasteiger partial charge in [0.25, 0.3) is 11.7 Å². The number of nitrogens with zero attached hydrogens (tertiary/aromatic N) is 1. The first-order valence-electron chi connectivity index (χ1n) is 10.3. The number of benzene rings is 2. The number of methoxy groups -OCH3 is 1. The number of aliphatic hydroxyl groups excluding tert-OH is 1. The van der Waals surface area contributed by atoms with E-state index in [0.29, 0.717) is 12.2 Å². The molecule has 4 rings (SSSR count). The van der Waals surface area contributed by atoms with Crippen LogP contribution < -0.4 is 4.74 Å². The largest absolute Gasteiger partial charge is 0.508 e. The summed E-state index contributed by atoms with van der Waals surface area (Å²) >= 11 is 6.30. The van der Waals surface area contributed by atoms with Crippen LogP contribution in [0.5, 0.6) is 11.5 Å². The smallest absolute Gasteiger partial charge is 0.295 e. The minimum Gasteiger partial charge on any atom is -0.508 e. The van der Waals surface area contributed by atoms with E-state index >= 15 is 0 Å². The number of phenols is 1. The Balaban J connectivity index is 1.90. The van der Waals surface area contributed by atoms with E-state index in [4.69, 9.17) is 21.1 Å². The molecule has 0 aliphatic carbocycles. The summed E-state index contributed by atoms with van der Waals surface area (Å²) in [6.45, 7) is 2.60. The Labute approximate surface area is 190 Å². The summed E-state index contributed by atoms with van der Waals surface area (Å²) in [5, 5.41) is 21.6. The molecule has 0 radical (unpaired) electrons. The van der Waals surface area contributed by atoms with Crippen LogP contribution in [0.4, 0.5) is 0 Å². The number of aryl methyl sites for hydroxylation is 1. The first-order chi connectivity index (χ1) is 15.3. The lowest BCUT2D eigenvalue weighted by molar-refractivity contribution is -0.140. The number of ketones is 1. The van der Waals surface area contributed by atoms with Gasteiger partial charge in [0, 0.05) is 13.2 Å². The number of aliphatic hydroxyl groups is 1. The molecule has 2 unspecified atom stereocenters. The lowest BCUT2D eigenvalue weighted by atomic mass is 9.94. The molecule has 2 heterocycles. The number of carbonyl (C=O) groups is 2. The van der Waals surface area contributed by atoms with Gasteiger partial charge in [-0.3, -0.25) is 9.59 Å². The van der Waals surface area contributed by atoms with Crippen LogP contribution in [0.2, 0.25) is 5.02 Å². The number of aromatic hydroxyl groups is 1. The van der Waals surface area contributed by atoms with Gasteiger partial charge in [-0.25, -0.2) is 0 Å². The summed E-state index contributed by atoms with van der Waals surface area (Å²) in [5.74, 6) is -1.73. The summed E-state index contributed by atoms with van der Waals surface area (Å²) in [7, 11) is 1.41. The highest BCUT2D eigenvalue weighted by Crippen LogP contribution is 2.43. The molecule has 32 heavy (non-hydrogen) atoms. The molecule has 0 spiro atoms. The van der Waals surface area contributed by atoms with E-state index in [-0.39, 0.29) is 46.1 Å². The summed E-state index contributed by atoms with van der Waals surface area (Å²) in [5.41, 5.74) is 1.39. The monoisotopic (exact) mass is 457 g/mol. The van der Waals surface area contributed by atoms with Gasteiger partial charge in [0.15, 0.2) is 0 Å². The first-order valence-corrected chi connectivity index (χ1v) is 10.7. The standard InChI is InChI=1S/C24H24ClNO6/c1-13-9-17(23(31-2)18(25)10-13)21(28)19-20(14-5-3-6-15(27)11-14)26(24(30)22(19)29)12-16-7-4-8-32-16/h3,5-6,9-11,16,20,27-28H,4,7-8,12H2,1-2H3/b21-19+. The SMILES string of the molecule is COc1c(Cl)cc(C)cc1/C(O)=C1\C(=O)C(=O)N(CC2CCCO2)C1c1cccc(O)c1. The van der Waals surface area contributed by atoms with Gasteiger partial charge in [0.05, 0.1) is 35.4 Å². The van der Waals surface area contributed by atoms with Gasteiger partial charge < -0.3 is 24.6 Å². The molecule has 168 valence electrons. The zero-order valence-electron chi connectivity index (χ0n) is 17.8. The van der Waals surface area contributed by atoms with Crippen LogP contribution in [0.3, 0.4) is 0 Å². The van der Waals surface area contributed by atoms with Gasteiger partial charge >= 0.3 is 0 Å². The van der Waals surface area contributed by atoms with Crippen LogP contribution in [0.1, 0.15) is 35.6 Å². The van der Waals surface area contributed by atoms with Crippen LogP contribution in [0, 0.1) is 6.92 Å². The third-order valence-corrected chi connectivity index (χ3v) is 6.08. The van der Waals surface area contributed by atoms with Crippen LogP contribution in [0.25, 0.3) is 5.76 Å². The third kappa shape index (κ3) is 3.94. The number of Topliss-reactive ketones (excluding diaryl/α,β-unsaturated/α-hetero) is 1. The van der Waals surface area contributed by atoms with Gasteiger partial charge in [-0.05, 0) is 55.2 Å². The second-order valence-corrected chi connectivity index (χ2v) is 8.42. The molecule has 2 aromatic rings. The molecule has 0 aromatic heterocycles. The van der Waals surface area contributed by atoms with E-state index in [1.807, 2.05) is 0 Å². The van der Waals surface area contributed by atoms with Crippen molar-refractivity contribution in [3.05, 3.63) is 63.7 Å². The fraction of sp³-hybridized carbons (Fsp3) is 0.333. The Morgan fingerprint density at radius 3 is 2.72 bits per heavy atom. The average Bonchev–Trinajstić information content (AvgIpc) is 3.35. The number of phenolic OH excluding ortho intramolecular Hbond substituents is 1. The van der Waals surface area contributed by atoms with Gasteiger partial charge in [-0.15, -0.1) is 0 Å². The van der Waals surface area contributed by atoms with Crippen molar-refractivity contribution in [2.45, 2.75) is 31.9 Å². The number of rotatable bonds is 5. The van der Waals surface area contributed by atoms with Crippen molar-refractivity contribution in [1.82, 2.24) is 4.90 Å². The van der Waals surface area contributed by atoms with Crippen molar-refractivity contribution in [3.8, 4) is 11.5 Å². The van der Waals surface area contributed by atoms with Gasteiger partial charge in [-0.1, -0.05) is 23.7 Å². The Morgan fingerprint density at radius 1 is 1.28 bits per heavy atom. The van der Waals surface area contributed by atoms with Crippen LogP contribution in [0.15, 0.2) is 42.0 Å². The summed E-state index contributed by atoms with van der Waals surface area (Å²) in [6, 6.07) is 8.74. The molecule has 2 atom stereocenters. The Hall–Kier alpha value is -3.03. The van der Waals surface area contributed by atoms with E-state index in [1.165, 1.54) is 24.1 Å². The number of hydrogen-bond acceptors (Lipinski definition) is 6. The normalized spacial score (nSPS) is 22.5. The van der Waals surface area contributed by atoms with Gasteiger partial charge in [-0.2, -0.15) is 0 Å². The topological polar surface area (TPSA) is 96.3 Å². The number of carbonyl (C=O) groups excluding carboxylic acids is 2. The molecule has 7 nitrogen and oxygen atoms in total. The molecule has 2 aromatic carbocycles. The molecule has 2 fully saturated rings. The maximum absolute atomic E-state index is 13.2. The molecular weight excluding hydrogens is 434 g/mol. The second kappa shape index (κ2) is 8.84. The number of hydrogen-bond donors (Lipinski definition) is 2. The van der Waals surface area contributed by atoms with E-state index in [0.717, 1.165) is 18.4 Å². The molecule has 0 saturated carbocycles. The van der Waals surface area contributed by atoms with Crippen molar-refractivity contribution in [2.75, 3.05) is 20.3 Å². The summed E-state index contributed by atoms with van der Waals surface area (Å²) in [4.78, 5) is 27.6. The second-order valence-electron chi connectivity index (χ2n) is 8.01. The quantitative estimate of drug-likeness (QED) is 0.401. The molecule has 2 saturated heterocycles. The van der Waals surface area contributed by atoms with Crippen LogP contribution >= 0.6 is 11.6 Å². The molecule has 8 heteroatoms. The molecule has 1 amide bonds. The Bertz CT molecular complexity index is 1110. The Kier molecular flexibility index (Phi) is 6.13. The van der Waals surface area contributed by atoms with E-state index in [9.17, 15) is 19.8 Å². The zero-order chi connectivity index (χ0) is 23.0. The van der Waals surface area contributed by atoms with Gasteiger partial charge in [0.1, 0.15) is 17.3 Å². The predicted octanol–water partition coefficient (Wildman–Crippen LogP) is 3.96. The number of halogens is 1. The van der Waals surface area contributed by atoms with Crippen molar-refractivity contribution < 1.29 is 29.3 Å². The van der Waals surface area contributed by atoms with Crippen LogP contribution in [-0.2, 0) is 14.3 Å². The van der Waals surface area contributed by atoms with Crippen molar-refractivity contribution in [3.63, 3.8) is 0 Å². The minimum absolute atomic E-state index is 0.0126. The van der Waals surface area contributed by atoms with Gasteiger partial charge in [0.2, 0.25) is 0 Å². The van der Waals surface area contributed by atoms with Crippen molar-refractivity contribution in [1.29, 1.82) is 0 Å². The predicted molar refractivity (Wildman–Crippen MR) is 119 cm³/mol. The molecular formula is C24H24ClNO6. The van der Waals surface area contributed by atoms with Crippen LogP contribution in [-0.4, -0.2) is 53.2 Å². The van der Waals surface area contributed by atoms with Crippen molar-refractivity contribution >= 4 is 29.1 Å².